The Morgan fingerprint density at radius 1 is 1.40 bits per heavy atom. The number of hydrogen-bond donors (Lipinski definition) is 1. The lowest BCUT2D eigenvalue weighted by Gasteiger charge is -2.35. The molecule has 0 spiro atoms. The van der Waals surface area contributed by atoms with Crippen LogP contribution in [0.15, 0.2) is 6.20 Å². The minimum atomic E-state index is -0.209. The van der Waals surface area contributed by atoms with E-state index in [2.05, 4.69) is 18.8 Å². The highest BCUT2D eigenvalue weighted by Crippen LogP contribution is 2.38. The standard InChI is InChI=1S/C12H20N2S/c1-9-8-14-11(15-9)12(2,13)10-6-4-3-5-7-10/h8,10H,3-7,13H2,1-2H3. The summed E-state index contributed by atoms with van der Waals surface area (Å²) >= 11 is 1.75. The van der Waals surface area contributed by atoms with Crippen LogP contribution in [0, 0.1) is 12.8 Å². The molecule has 3 heteroatoms. The predicted octanol–water partition coefficient (Wildman–Crippen LogP) is 3.21. The fourth-order valence-electron chi connectivity index (χ4n) is 2.48. The minimum absolute atomic E-state index is 0.209. The number of nitrogens with zero attached hydrogens (tertiary/aromatic N) is 1. The Balaban J connectivity index is 2.17. The SMILES string of the molecule is Cc1cnc(C(C)(N)C2CCCCC2)s1. The van der Waals surface area contributed by atoms with E-state index < -0.39 is 0 Å². The maximum atomic E-state index is 6.47. The van der Waals surface area contributed by atoms with Crippen molar-refractivity contribution in [1.29, 1.82) is 0 Å². The summed E-state index contributed by atoms with van der Waals surface area (Å²) in [6, 6.07) is 0. The van der Waals surface area contributed by atoms with Crippen molar-refractivity contribution in [1.82, 2.24) is 4.98 Å². The highest BCUT2D eigenvalue weighted by Gasteiger charge is 2.34. The average molecular weight is 224 g/mol. The van der Waals surface area contributed by atoms with E-state index in [1.165, 1.54) is 37.0 Å². The van der Waals surface area contributed by atoms with Gasteiger partial charge in [-0.05, 0) is 32.6 Å². The molecule has 0 amide bonds. The van der Waals surface area contributed by atoms with Crippen LogP contribution in [0.4, 0.5) is 0 Å². The molecule has 0 aromatic carbocycles. The molecule has 1 saturated carbocycles. The van der Waals surface area contributed by atoms with E-state index in [-0.39, 0.29) is 5.54 Å². The summed E-state index contributed by atoms with van der Waals surface area (Å²) in [6.07, 6.45) is 8.53. The van der Waals surface area contributed by atoms with Crippen molar-refractivity contribution in [3.05, 3.63) is 16.1 Å². The highest BCUT2D eigenvalue weighted by molar-refractivity contribution is 7.11. The molecule has 2 N–H and O–H groups in total. The van der Waals surface area contributed by atoms with Crippen LogP contribution >= 0.6 is 11.3 Å². The second-order valence-electron chi connectivity index (χ2n) is 4.89. The summed E-state index contributed by atoms with van der Waals surface area (Å²) in [5.74, 6) is 0.622. The lowest BCUT2D eigenvalue weighted by molar-refractivity contribution is 0.224. The Kier molecular flexibility index (Phi) is 3.12. The van der Waals surface area contributed by atoms with Gasteiger partial charge in [0.1, 0.15) is 5.01 Å². The molecule has 1 aliphatic carbocycles. The number of nitrogens with two attached hydrogens (primary N) is 1. The van der Waals surface area contributed by atoms with Crippen molar-refractivity contribution in [2.24, 2.45) is 11.7 Å². The summed E-state index contributed by atoms with van der Waals surface area (Å²) in [5.41, 5.74) is 6.27. The molecule has 1 atom stereocenters. The Morgan fingerprint density at radius 3 is 2.60 bits per heavy atom. The van der Waals surface area contributed by atoms with Gasteiger partial charge in [0.05, 0.1) is 5.54 Å². The zero-order chi connectivity index (χ0) is 10.9. The van der Waals surface area contributed by atoms with Crippen LogP contribution in [0.2, 0.25) is 0 Å². The normalized spacial score (nSPS) is 22.6. The Bertz CT molecular complexity index is 324. The number of aryl methyl sites for hydroxylation is 1. The maximum absolute atomic E-state index is 6.47. The van der Waals surface area contributed by atoms with Crippen molar-refractivity contribution in [2.75, 3.05) is 0 Å². The number of aromatic nitrogens is 1. The van der Waals surface area contributed by atoms with Gasteiger partial charge in [-0.2, -0.15) is 0 Å². The van der Waals surface area contributed by atoms with E-state index in [4.69, 9.17) is 5.73 Å². The van der Waals surface area contributed by atoms with E-state index in [1.807, 2.05) is 6.20 Å². The molecule has 1 unspecified atom stereocenters. The molecule has 84 valence electrons. The van der Waals surface area contributed by atoms with Crippen LogP contribution in [0.1, 0.15) is 48.9 Å². The summed E-state index contributed by atoms with van der Waals surface area (Å²) < 4.78 is 0. The van der Waals surface area contributed by atoms with Gasteiger partial charge in [-0.1, -0.05) is 19.3 Å². The Morgan fingerprint density at radius 2 is 2.07 bits per heavy atom. The van der Waals surface area contributed by atoms with Gasteiger partial charge in [0.25, 0.3) is 0 Å². The van der Waals surface area contributed by atoms with Crippen LogP contribution < -0.4 is 5.73 Å². The van der Waals surface area contributed by atoms with Gasteiger partial charge in [0, 0.05) is 11.1 Å². The molecule has 2 rings (SSSR count). The zero-order valence-corrected chi connectivity index (χ0v) is 10.4. The molecular formula is C12H20N2S. The zero-order valence-electron chi connectivity index (χ0n) is 9.62. The van der Waals surface area contributed by atoms with Gasteiger partial charge in [0.15, 0.2) is 0 Å². The van der Waals surface area contributed by atoms with E-state index in [1.54, 1.807) is 11.3 Å². The molecule has 0 radical (unpaired) electrons. The quantitative estimate of drug-likeness (QED) is 0.838. The lowest BCUT2D eigenvalue weighted by atomic mass is 9.76. The van der Waals surface area contributed by atoms with Gasteiger partial charge < -0.3 is 5.73 Å². The number of hydrogen-bond acceptors (Lipinski definition) is 3. The van der Waals surface area contributed by atoms with E-state index >= 15 is 0 Å². The molecule has 1 aromatic rings. The van der Waals surface area contributed by atoms with Crippen LogP contribution in [0.5, 0.6) is 0 Å². The van der Waals surface area contributed by atoms with Crippen LogP contribution in [-0.2, 0) is 5.54 Å². The third-order valence-corrected chi connectivity index (χ3v) is 4.70. The molecule has 1 aromatic heterocycles. The molecule has 2 nitrogen and oxygen atoms in total. The van der Waals surface area contributed by atoms with Crippen molar-refractivity contribution in [3.8, 4) is 0 Å². The number of rotatable bonds is 2. The largest absolute Gasteiger partial charge is 0.319 e. The molecular weight excluding hydrogens is 204 g/mol. The van der Waals surface area contributed by atoms with E-state index in [0.717, 1.165) is 5.01 Å². The summed E-state index contributed by atoms with van der Waals surface area (Å²) in [5, 5.41) is 1.12. The topological polar surface area (TPSA) is 38.9 Å². The monoisotopic (exact) mass is 224 g/mol. The molecule has 1 heterocycles. The van der Waals surface area contributed by atoms with E-state index in [0.29, 0.717) is 5.92 Å². The minimum Gasteiger partial charge on any atom is -0.319 e. The molecule has 0 bridgehead atoms. The predicted molar refractivity (Wildman–Crippen MR) is 65.0 cm³/mol. The molecule has 0 saturated heterocycles. The van der Waals surface area contributed by atoms with Gasteiger partial charge in [-0.25, -0.2) is 4.98 Å². The van der Waals surface area contributed by atoms with Gasteiger partial charge in [0.2, 0.25) is 0 Å². The van der Waals surface area contributed by atoms with Crippen molar-refractivity contribution in [2.45, 2.75) is 51.5 Å². The summed E-state index contributed by atoms with van der Waals surface area (Å²) in [6.45, 7) is 4.25. The smallest absolute Gasteiger partial charge is 0.113 e. The average Bonchev–Trinajstić information content (AvgIpc) is 2.67. The van der Waals surface area contributed by atoms with Crippen molar-refractivity contribution < 1.29 is 0 Å². The third-order valence-electron chi connectivity index (χ3n) is 3.54. The van der Waals surface area contributed by atoms with Crippen LogP contribution in [-0.4, -0.2) is 4.98 Å². The summed E-state index contributed by atoms with van der Waals surface area (Å²) in [7, 11) is 0. The second-order valence-corrected chi connectivity index (χ2v) is 6.13. The number of thiazole rings is 1. The van der Waals surface area contributed by atoms with Gasteiger partial charge in [-0.15, -0.1) is 11.3 Å². The second kappa shape index (κ2) is 4.22. The van der Waals surface area contributed by atoms with Gasteiger partial charge in [-0.3, -0.25) is 0 Å². The molecule has 1 fully saturated rings. The third kappa shape index (κ3) is 2.23. The first-order chi connectivity index (χ1) is 7.10. The molecule has 15 heavy (non-hydrogen) atoms. The Labute approximate surface area is 95.9 Å². The summed E-state index contributed by atoms with van der Waals surface area (Å²) in [4.78, 5) is 5.72. The highest BCUT2D eigenvalue weighted by atomic mass is 32.1. The van der Waals surface area contributed by atoms with E-state index in [9.17, 15) is 0 Å². The fraction of sp³-hybridized carbons (Fsp3) is 0.750. The van der Waals surface area contributed by atoms with Crippen molar-refractivity contribution >= 4 is 11.3 Å². The van der Waals surface area contributed by atoms with Gasteiger partial charge >= 0.3 is 0 Å². The maximum Gasteiger partial charge on any atom is 0.113 e. The fourth-order valence-corrected chi connectivity index (χ4v) is 3.38. The van der Waals surface area contributed by atoms with Crippen LogP contribution in [0.3, 0.4) is 0 Å². The first-order valence-corrected chi connectivity index (χ1v) is 6.64. The Hall–Kier alpha value is -0.410. The molecule has 0 aliphatic heterocycles. The first kappa shape index (κ1) is 11.1. The lowest BCUT2D eigenvalue weighted by Crippen LogP contribution is -2.42. The van der Waals surface area contributed by atoms with Crippen molar-refractivity contribution in [3.63, 3.8) is 0 Å². The van der Waals surface area contributed by atoms with Crippen LogP contribution in [0.25, 0.3) is 0 Å². The molecule has 1 aliphatic rings. The first-order valence-electron chi connectivity index (χ1n) is 5.82.